The number of carbonyl (C=O) groups is 2. The number of aromatic nitrogens is 1. The Labute approximate surface area is 174 Å². The van der Waals surface area contributed by atoms with Gasteiger partial charge in [0.25, 0.3) is 5.91 Å². The molecule has 2 aromatic carbocycles. The lowest BCUT2D eigenvalue weighted by Crippen LogP contribution is -2.33. The molecule has 1 aromatic heterocycles. The van der Waals surface area contributed by atoms with Crippen molar-refractivity contribution in [1.29, 1.82) is 0 Å². The first-order valence-electron chi connectivity index (χ1n) is 8.14. The van der Waals surface area contributed by atoms with Gasteiger partial charge in [0.2, 0.25) is 5.91 Å². The monoisotopic (exact) mass is 437 g/mol. The van der Waals surface area contributed by atoms with Gasteiger partial charge in [-0.15, -0.1) is 11.3 Å². The topological polar surface area (TPSA) is 71.1 Å². The lowest BCUT2D eigenvalue weighted by Gasteiger charge is -2.06. The summed E-state index contributed by atoms with van der Waals surface area (Å²) in [6, 6.07) is 10.8. The molecule has 0 atom stereocenters. The Kier molecular flexibility index (Phi) is 6.61. The second-order valence-corrected chi connectivity index (χ2v) is 7.65. The minimum absolute atomic E-state index is 0.122. The number of benzene rings is 2. The van der Waals surface area contributed by atoms with Gasteiger partial charge >= 0.3 is 0 Å². The molecule has 28 heavy (non-hydrogen) atoms. The van der Waals surface area contributed by atoms with E-state index in [4.69, 9.17) is 23.2 Å². The number of nitrogens with one attached hydrogen (secondary N) is 2. The van der Waals surface area contributed by atoms with Crippen molar-refractivity contribution < 1.29 is 14.0 Å². The highest BCUT2D eigenvalue weighted by atomic mass is 35.5. The molecule has 0 unspecified atom stereocenters. The van der Waals surface area contributed by atoms with Crippen molar-refractivity contribution in [3.8, 4) is 0 Å². The van der Waals surface area contributed by atoms with Gasteiger partial charge in [-0.1, -0.05) is 41.4 Å². The van der Waals surface area contributed by atoms with Crippen LogP contribution in [0.15, 0.2) is 48.7 Å². The van der Waals surface area contributed by atoms with E-state index in [9.17, 15) is 14.0 Å². The van der Waals surface area contributed by atoms with Crippen LogP contribution in [0.25, 0.3) is 0 Å². The number of amides is 2. The molecule has 9 heteroatoms. The SMILES string of the molecule is O=C(CNC(=O)c1ccccc1F)Nc1ncc(Cc2c(Cl)cccc2Cl)s1. The van der Waals surface area contributed by atoms with Crippen LogP contribution >= 0.6 is 34.5 Å². The van der Waals surface area contributed by atoms with Crippen LogP contribution in [-0.2, 0) is 11.2 Å². The van der Waals surface area contributed by atoms with E-state index >= 15 is 0 Å². The molecule has 0 radical (unpaired) electrons. The Morgan fingerprint density at radius 2 is 1.79 bits per heavy atom. The van der Waals surface area contributed by atoms with Crippen LogP contribution in [-0.4, -0.2) is 23.3 Å². The van der Waals surface area contributed by atoms with Crippen LogP contribution in [0.4, 0.5) is 9.52 Å². The summed E-state index contributed by atoms with van der Waals surface area (Å²) in [6.07, 6.45) is 2.11. The average Bonchev–Trinajstić information content (AvgIpc) is 3.10. The van der Waals surface area contributed by atoms with E-state index < -0.39 is 17.6 Å². The smallest absolute Gasteiger partial charge is 0.254 e. The van der Waals surface area contributed by atoms with Gasteiger partial charge in [0.15, 0.2) is 5.13 Å². The number of hydrogen-bond donors (Lipinski definition) is 2. The predicted molar refractivity (Wildman–Crippen MR) is 109 cm³/mol. The molecule has 1 heterocycles. The van der Waals surface area contributed by atoms with E-state index in [0.717, 1.165) is 10.4 Å². The van der Waals surface area contributed by atoms with Crippen LogP contribution in [0.3, 0.4) is 0 Å². The molecule has 0 spiro atoms. The highest BCUT2D eigenvalue weighted by Crippen LogP contribution is 2.29. The molecule has 3 rings (SSSR count). The third-order valence-electron chi connectivity index (χ3n) is 3.74. The molecule has 5 nitrogen and oxygen atoms in total. The lowest BCUT2D eigenvalue weighted by atomic mass is 10.1. The second-order valence-electron chi connectivity index (χ2n) is 5.72. The van der Waals surface area contributed by atoms with Crippen molar-refractivity contribution in [1.82, 2.24) is 10.3 Å². The van der Waals surface area contributed by atoms with Crippen LogP contribution in [0.5, 0.6) is 0 Å². The van der Waals surface area contributed by atoms with E-state index in [1.807, 2.05) is 0 Å². The van der Waals surface area contributed by atoms with E-state index in [0.29, 0.717) is 21.6 Å². The minimum atomic E-state index is -0.665. The first kappa shape index (κ1) is 20.3. The highest BCUT2D eigenvalue weighted by molar-refractivity contribution is 7.15. The number of carbonyl (C=O) groups excluding carboxylic acids is 2. The molecule has 0 saturated carbocycles. The summed E-state index contributed by atoms with van der Waals surface area (Å²) in [5.41, 5.74) is 0.660. The van der Waals surface area contributed by atoms with Crippen LogP contribution in [0, 0.1) is 5.82 Å². The van der Waals surface area contributed by atoms with E-state index in [1.54, 1.807) is 30.5 Å². The summed E-state index contributed by atoms with van der Waals surface area (Å²) in [4.78, 5) is 28.9. The van der Waals surface area contributed by atoms with Gasteiger partial charge in [-0.2, -0.15) is 0 Å². The van der Waals surface area contributed by atoms with Gasteiger partial charge < -0.3 is 10.6 Å². The molecule has 0 fully saturated rings. The van der Waals surface area contributed by atoms with Crippen molar-refractivity contribution in [2.24, 2.45) is 0 Å². The minimum Gasteiger partial charge on any atom is -0.343 e. The van der Waals surface area contributed by atoms with Crippen LogP contribution in [0.1, 0.15) is 20.8 Å². The molecule has 0 bridgehead atoms. The Morgan fingerprint density at radius 3 is 2.50 bits per heavy atom. The second kappa shape index (κ2) is 9.14. The summed E-state index contributed by atoms with van der Waals surface area (Å²) >= 11 is 13.6. The van der Waals surface area contributed by atoms with Crippen molar-refractivity contribution in [2.45, 2.75) is 6.42 Å². The number of hydrogen-bond acceptors (Lipinski definition) is 4. The molecular formula is C19H14Cl2FN3O2S. The normalized spacial score (nSPS) is 10.5. The van der Waals surface area contributed by atoms with E-state index in [1.165, 1.54) is 29.5 Å². The number of thiazole rings is 1. The summed E-state index contributed by atoms with van der Waals surface area (Å²) in [5.74, 6) is -1.79. The molecule has 2 N–H and O–H groups in total. The Morgan fingerprint density at radius 1 is 1.07 bits per heavy atom. The first-order valence-corrected chi connectivity index (χ1v) is 9.71. The summed E-state index contributed by atoms with van der Waals surface area (Å²) in [6.45, 7) is -0.307. The average molecular weight is 438 g/mol. The maximum atomic E-state index is 13.6. The fourth-order valence-electron chi connectivity index (χ4n) is 2.39. The van der Waals surface area contributed by atoms with Gasteiger partial charge in [-0.05, 0) is 29.8 Å². The molecule has 2 amide bonds. The standard InChI is InChI=1S/C19H14Cl2FN3O2S/c20-14-5-3-6-15(21)13(14)8-11-9-24-19(28-11)25-17(26)10-23-18(27)12-4-1-2-7-16(12)22/h1-7,9H,8,10H2,(H,23,27)(H,24,25,26). The van der Waals surface area contributed by atoms with Gasteiger partial charge in [0.05, 0.1) is 12.1 Å². The molecular weight excluding hydrogens is 424 g/mol. The first-order chi connectivity index (χ1) is 13.4. The summed E-state index contributed by atoms with van der Waals surface area (Å²) < 4.78 is 13.6. The van der Waals surface area contributed by atoms with Gasteiger partial charge in [-0.3, -0.25) is 9.59 Å². The third kappa shape index (κ3) is 5.07. The molecule has 0 aliphatic carbocycles. The maximum absolute atomic E-state index is 13.6. The van der Waals surface area contributed by atoms with Crippen LogP contribution in [0.2, 0.25) is 10.0 Å². The number of rotatable bonds is 6. The Balaban J connectivity index is 1.55. The molecule has 0 aliphatic rings. The van der Waals surface area contributed by atoms with Gasteiger partial charge in [-0.25, -0.2) is 9.37 Å². The van der Waals surface area contributed by atoms with E-state index in [2.05, 4.69) is 15.6 Å². The van der Waals surface area contributed by atoms with Gasteiger partial charge in [0.1, 0.15) is 5.82 Å². The molecule has 144 valence electrons. The van der Waals surface area contributed by atoms with Crippen molar-refractivity contribution in [3.63, 3.8) is 0 Å². The van der Waals surface area contributed by atoms with Crippen molar-refractivity contribution in [2.75, 3.05) is 11.9 Å². The lowest BCUT2D eigenvalue weighted by molar-refractivity contribution is -0.115. The zero-order valence-corrected chi connectivity index (χ0v) is 16.7. The highest BCUT2D eigenvalue weighted by Gasteiger charge is 2.14. The number of halogens is 3. The Bertz CT molecular complexity index is 1010. The fraction of sp³-hybridized carbons (Fsp3) is 0.105. The number of anilines is 1. The van der Waals surface area contributed by atoms with Crippen LogP contribution < -0.4 is 10.6 Å². The van der Waals surface area contributed by atoms with Gasteiger partial charge in [0, 0.05) is 27.5 Å². The largest absolute Gasteiger partial charge is 0.343 e. The molecule has 3 aromatic rings. The van der Waals surface area contributed by atoms with Crippen molar-refractivity contribution in [3.05, 3.63) is 80.5 Å². The molecule has 0 saturated heterocycles. The summed E-state index contributed by atoms with van der Waals surface area (Å²) in [5, 5.41) is 6.46. The fourth-order valence-corrected chi connectivity index (χ4v) is 3.76. The third-order valence-corrected chi connectivity index (χ3v) is 5.36. The Hall–Kier alpha value is -2.48. The predicted octanol–water partition coefficient (Wildman–Crippen LogP) is 4.55. The summed E-state index contributed by atoms with van der Waals surface area (Å²) in [7, 11) is 0. The zero-order valence-electron chi connectivity index (χ0n) is 14.3. The zero-order chi connectivity index (χ0) is 20.1. The maximum Gasteiger partial charge on any atom is 0.254 e. The number of nitrogens with zero attached hydrogens (tertiary/aromatic N) is 1. The molecule has 0 aliphatic heterocycles. The quantitative estimate of drug-likeness (QED) is 0.594. The van der Waals surface area contributed by atoms with E-state index in [-0.39, 0.29) is 12.1 Å². The van der Waals surface area contributed by atoms with Crippen molar-refractivity contribution >= 4 is 51.5 Å².